The van der Waals surface area contributed by atoms with E-state index >= 15 is 0 Å². The van der Waals surface area contributed by atoms with E-state index in [1.165, 1.54) is 11.8 Å². The van der Waals surface area contributed by atoms with Gasteiger partial charge in [0.15, 0.2) is 9.84 Å². The third-order valence-corrected chi connectivity index (χ3v) is 4.38. The minimum absolute atomic E-state index is 0.0670. The Bertz CT molecular complexity index is 755. The summed E-state index contributed by atoms with van der Waals surface area (Å²) in [6, 6.07) is 7.26. The molecule has 0 spiro atoms. The van der Waals surface area contributed by atoms with Crippen LogP contribution >= 0.6 is 27.7 Å². The monoisotopic (exact) mass is 377 g/mol. The van der Waals surface area contributed by atoms with Gasteiger partial charge in [-0.2, -0.15) is 0 Å². The van der Waals surface area contributed by atoms with Gasteiger partial charge in [-0.3, -0.25) is 14.7 Å². The standard InChI is InChI=1S/C15H12BrN3O2S/c1-2-19-14(20)12(8-11-5-6-13(16)21-11)22-15(19)18-10-4-3-7-17-9-10/h3-9H,2H2,1H3/b12-8+,18-15?. The molecule has 2 aromatic rings. The Balaban J connectivity index is 1.92. The van der Waals surface area contributed by atoms with Crippen LogP contribution in [-0.2, 0) is 4.79 Å². The summed E-state index contributed by atoms with van der Waals surface area (Å²) in [6.45, 7) is 2.48. The molecule has 7 heteroatoms. The van der Waals surface area contributed by atoms with Crippen LogP contribution in [0, 0.1) is 0 Å². The summed E-state index contributed by atoms with van der Waals surface area (Å²) < 4.78 is 6.05. The van der Waals surface area contributed by atoms with Crippen LogP contribution in [0.1, 0.15) is 12.7 Å². The second-order valence-corrected chi connectivity index (χ2v) is 6.20. The molecule has 1 amide bonds. The zero-order valence-electron chi connectivity index (χ0n) is 11.7. The number of hydrogen-bond donors (Lipinski definition) is 0. The number of rotatable bonds is 3. The van der Waals surface area contributed by atoms with Crippen LogP contribution in [0.4, 0.5) is 5.69 Å². The maximum Gasteiger partial charge on any atom is 0.266 e. The average molecular weight is 378 g/mol. The Morgan fingerprint density at radius 2 is 2.32 bits per heavy atom. The molecule has 22 heavy (non-hydrogen) atoms. The molecule has 0 saturated carbocycles. The topological polar surface area (TPSA) is 58.7 Å². The number of thioether (sulfide) groups is 1. The molecule has 3 rings (SSSR count). The van der Waals surface area contributed by atoms with E-state index in [1.54, 1.807) is 35.5 Å². The third kappa shape index (κ3) is 3.15. The van der Waals surface area contributed by atoms with Gasteiger partial charge in [0, 0.05) is 18.8 Å². The molecule has 0 bridgehead atoms. The minimum atomic E-state index is -0.0670. The molecular weight excluding hydrogens is 366 g/mol. The number of amidine groups is 1. The first-order valence-corrected chi connectivity index (χ1v) is 8.24. The molecule has 0 N–H and O–H groups in total. The highest BCUT2D eigenvalue weighted by atomic mass is 79.9. The predicted molar refractivity (Wildman–Crippen MR) is 90.7 cm³/mol. The summed E-state index contributed by atoms with van der Waals surface area (Å²) in [5, 5.41) is 0.650. The summed E-state index contributed by atoms with van der Waals surface area (Å²) >= 11 is 4.58. The van der Waals surface area contributed by atoms with Crippen molar-refractivity contribution in [2.24, 2.45) is 4.99 Å². The van der Waals surface area contributed by atoms with E-state index in [1.807, 2.05) is 19.1 Å². The van der Waals surface area contributed by atoms with Crippen LogP contribution in [0.5, 0.6) is 0 Å². The molecule has 0 aromatic carbocycles. The van der Waals surface area contributed by atoms with Crippen molar-refractivity contribution in [2.45, 2.75) is 6.92 Å². The van der Waals surface area contributed by atoms with Gasteiger partial charge < -0.3 is 4.42 Å². The Morgan fingerprint density at radius 3 is 2.95 bits per heavy atom. The summed E-state index contributed by atoms with van der Waals surface area (Å²) in [5.41, 5.74) is 0.721. The number of aliphatic imine (C=N–C) groups is 1. The lowest BCUT2D eigenvalue weighted by molar-refractivity contribution is -0.122. The molecule has 3 heterocycles. The molecule has 112 valence electrons. The van der Waals surface area contributed by atoms with Gasteiger partial charge in [-0.1, -0.05) is 0 Å². The highest BCUT2D eigenvalue weighted by molar-refractivity contribution is 9.10. The van der Waals surface area contributed by atoms with Crippen LogP contribution in [0.15, 0.2) is 55.6 Å². The highest BCUT2D eigenvalue weighted by Gasteiger charge is 2.32. The summed E-state index contributed by atoms with van der Waals surface area (Å²) in [7, 11) is 0. The van der Waals surface area contributed by atoms with Gasteiger partial charge in [0.2, 0.25) is 0 Å². The minimum Gasteiger partial charge on any atom is -0.450 e. The lowest BCUT2D eigenvalue weighted by atomic mass is 10.3. The number of furan rings is 1. The molecule has 2 aromatic heterocycles. The normalized spacial score (nSPS) is 18.6. The van der Waals surface area contributed by atoms with Crippen molar-refractivity contribution in [3.63, 3.8) is 0 Å². The first-order chi connectivity index (χ1) is 10.7. The number of hydrogen-bond acceptors (Lipinski definition) is 5. The zero-order valence-corrected chi connectivity index (χ0v) is 14.1. The number of carbonyl (C=O) groups excluding carboxylic acids is 1. The molecule has 0 atom stereocenters. The molecule has 5 nitrogen and oxygen atoms in total. The summed E-state index contributed by atoms with van der Waals surface area (Å²) in [4.78, 5) is 23.2. The summed E-state index contributed by atoms with van der Waals surface area (Å²) in [5.74, 6) is 0.559. The lowest BCUT2D eigenvalue weighted by Gasteiger charge is -2.11. The van der Waals surface area contributed by atoms with Crippen LogP contribution in [0.3, 0.4) is 0 Å². The third-order valence-electron chi connectivity index (χ3n) is 2.94. The van der Waals surface area contributed by atoms with Gasteiger partial charge in [-0.25, -0.2) is 4.99 Å². The number of nitrogens with zero attached hydrogens (tertiary/aromatic N) is 3. The van der Waals surface area contributed by atoms with Crippen molar-refractivity contribution in [3.8, 4) is 0 Å². The van der Waals surface area contributed by atoms with Crippen molar-refractivity contribution >= 4 is 50.5 Å². The first kappa shape index (κ1) is 15.1. The summed E-state index contributed by atoms with van der Waals surface area (Å²) in [6.07, 6.45) is 5.08. The number of aromatic nitrogens is 1. The van der Waals surface area contributed by atoms with Crippen molar-refractivity contribution in [2.75, 3.05) is 6.54 Å². The van der Waals surface area contributed by atoms with Crippen molar-refractivity contribution < 1.29 is 9.21 Å². The van der Waals surface area contributed by atoms with Crippen LogP contribution in [-0.4, -0.2) is 27.5 Å². The fraction of sp³-hybridized carbons (Fsp3) is 0.133. The quantitative estimate of drug-likeness (QED) is 0.756. The van der Waals surface area contributed by atoms with E-state index in [0.717, 1.165) is 5.69 Å². The second kappa shape index (κ2) is 6.50. The maximum absolute atomic E-state index is 12.4. The lowest BCUT2D eigenvalue weighted by Crippen LogP contribution is -2.28. The van der Waals surface area contributed by atoms with E-state index in [0.29, 0.717) is 27.0 Å². The average Bonchev–Trinajstić information content (AvgIpc) is 3.05. The highest BCUT2D eigenvalue weighted by Crippen LogP contribution is 2.34. The first-order valence-electron chi connectivity index (χ1n) is 6.63. The number of amides is 1. The van der Waals surface area contributed by atoms with E-state index < -0.39 is 0 Å². The molecule has 0 aliphatic carbocycles. The largest absolute Gasteiger partial charge is 0.450 e. The van der Waals surface area contributed by atoms with Gasteiger partial charge in [0.25, 0.3) is 5.91 Å². The van der Waals surface area contributed by atoms with Gasteiger partial charge in [0.05, 0.1) is 16.8 Å². The fourth-order valence-electron chi connectivity index (χ4n) is 1.94. The maximum atomic E-state index is 12.4. The van der Waals surface area contributed by atoms with Gasteiger partial charge >= 0.3 is 0 Å². The van der Waals surface area contributed by atoms with E-state index in [4.69, 9.17) is 4.42 Å². The van der Waals surface area contributed by atoms with Gasteiger partial charge in [-0.05, 0) is 58.9 Å². The van der Waals surface area contributed by atoms with Crippen molar-refractivity contribution in [1.82, 2.24) is 9.88 Å². The van der Waals surface area contributed by atoms with Crippen LogP contribution in [0.2, 0.25) is 0 Å². The van der Waals surface area contributed by atoms with Crippen LogP contribution in [0.25, 0.3) is 6.08 Å². The van der Waals surface area contributed by atoms with Gasteiger partial charge in [0.1, 0.15) is 5.76 Å². The Hall–Kier alpha value is -1.86. The van der Waals surface area contributed by atoms with E-state index in [9.17, 15) is 4.79 Å². The Kier molecular flexibility index (Phi) is 4.44. The fourth-order valence-corrected chi connectivity index (χ4v) is 3.30. The number of halogens is 1. The Morgan fingerprint density at radius 1 is 1.45 bits per heavy atom. The number of carbonyl (C=O) groups is 1. The van der Waals surface area contributed by atoms with E-state index in [-0.39, 0.29) is 5.91 Å². The molecule has 1 aliphatic heterocycles. The van der Waals surface area contributed by atoms with Crippen molar-refractivity contribution in [3.05, 3.63) is 52.0 Å². The second-order valence-electron chi connectivity index (χ2n) is 4.41. The van der Waals surface area contributed by atoms with Crippen LogP contribution < -0.4 is 0 Å². The molecule has 0 unspecified atom stereocenters. The predicted octanol–water partition coefficient (Wildman–Crippen LogP) is 4.06. The smallest absolute Gasteiger partial charge is 0.266 e. The molecule has 1 saturated heterocycles. The Labute approximate surface area is 140 Å². The van der Waals surface area contributed by atoms with Crippen molar-refractivity contribution in [1.29, 1.82) is 0 Å². The zero-order chi connectivity index (χ0) is 15.5. The molecule has 1 aliphatic rings. The number of pyridine rings is 1. The molecule has 0 radical (unpaired) electrons. The molecule has 1 fully saturated rings. The number of likely N-dealkylation sites (N-methyl/N-ethyl adjacent to an activating group) is 1. The van der Waals surface area contributed by atoms with E-state index in [2.05, 4.69) is 25.9 Å². The van der Waals surface area contributed by atoms with Gasteiger partial charge in [-0.15, -0.1) is 0 Å². The SMILES string of the molecule is CCN1C(=O)/C(=C\c2ccc(Br)o2)SC1=Nc1cccnc1. The molecular formula is C15H12BrN3O2S.